The molecule has 4 heteroatoms. The third-order valence-electron chi connectivity index (χ3n) is 1.89. The van der Waals surface area contributed by atoms with Crippen LogP contribution in [0.25, 0.3) is 0 Å². The maximum atomic E-state index is 11.3. The summed E-state index contributed by atoms with van der Waals surface area (Å²) in [5.74, 6) is 1.27. The minimum Gasteiger partial charge on any atom is -0.340 e. The topological polar surface area (TPSA) is 20.3 Å². The molecule has 1 aliphatic rings. The maximum Gasteiger partial charge on any atom is 0.233 e. The van der Waals surface area contributed by atoms with E-state index in [-0.39, 0.29) is 10.7 Å². The highest BCUT2D eigenvalue weighted by atomic mass is 79.9. The summed E-state index contributed by atoms with van der Waals surface area (Å²) in [5, 5.41) is 0.452. The van der Waals surface area contributed by atoms with E-state index in [1.54, 1.807) is 0 Å². The van der Waals surface area contributed by atoms with Crippen LogP contribution in [0.3, 0.4) is 0 Å². The normalized spacial score (nSPS) is 22.4. The van der Waals surface area contributed by atoms with E-state index in [2.05, 4.69) is 29.8 Å². The van der Waals surface area contributed by atoms with E-state index in [4.69, 9.17) is 0 Å². The van der Waals surface area contributed by atoms with Crippen LogP contribution >= 0.6 is 27.7 Å². The van der Waals surface area contributed by atoms with Crippen LogP contribution in [0.4, 0.5) is 0 Å². The lowest BCUT2D eigenvalue weighted by molar-refractivity contribution is -0.128. The Morgan fingerprint density at radius 1 is 1.67 bits per heavy atom. The molecule has 2 nitrogen and oxygen atoms in total. The zero-order valence-electron chi connectivity index (χ0n) is 7.47. The van der Waals surface area contributed by atoms with Crippen molar-refractivity contribution in [2.45, 2.75) is 18.6 Å². The molecule has 0 bridgehead atoms. The van der Waals surface area contributed by atoms with Gasteiger partial charge < -0.3 is 4.90 Å². The van der Waals surface area contributed by atoms with Crippen molar-refractivity contribution in [2.75, 3.05) is 24.2 Å². The van der Waals surface area contributed by atoms with Gasteiger partial charge in [0.05, 0.1) is 5.33 Å². The Morgan fingerprint density at radius 3 is 2.83 bits per heavy atom. The molecule has 0 aromatic heterocycles. The second-order valence-electron chi connectivity index (χ2n) is 3.56. The van der Waals surface area contributed by atoms with Crippen LogP contribution in [0.2, 0.25) is 0 Å². The van der Waals surface area contributed by atoms with Crippen LogP contribution in [0.15, 0.2) is 0 Å². The number of thioether (sulfide) groups is 1. The molecule has 0 unspecified atom stereocenters. The number of hydrogen-bond donors (Lipinski definition) is 0. The van der Waals surface area contributed by atoms with Gasteiger partial charge in [-0.1, -0.05) is 15.9 Å². The third-order valence-corrected chi connectivity index (χ3v) is 3.67. The van der Waals surface area contributed by atoms with Gasteiger partial charge in [0, 0.05) is 23.6 Å². The fraction of sp³-hybridized carbons (Fsp3) is 0.875. The van der Waals surface area contributed by atoms with Crippen molar-refractivity contribution >= 4 is 33.6 Å². The predicted molar refractivity (Wildman–Crippen MR) is 56.9 cm³/mol. The molecule has 0 saturated carbocycles. The first-order chi connectivity index (χ1) is 5.55. The summed E-state index contributed by atoms with van der Waals surface area (Å²) in [6.45, 7) is 6.15. The van der Waals surface area contributed by atoms with Gasteiger partial charge in [0.1, 0.15) is 0 Å². The summed E-state index contributed by atoms with van der Waals surface area (Å²) in [6, 6.07) is 0. The van der Waals surface area contributed by atoms with Crippen molar-refractivity contribution in [1.29, 1.82) is 0 Å². The fourth-order valence-corrected chi connectivity index (χ4v) is 2.78. The summed E-state index contributed by atoms with van der Waals surface area (Å²) in [5.41, 5.74) is 0. The average molecular weight is 252 g/mol. The van der Waals surface area contributed by atoms with Crippen molar-refractivity contribution in [1.82, 2.24) is 4.90 Å². The Kier molecular flexibility index (Phi) is 3.47. The number of nitrogens with zero attached hydrogens (tertiary/aromatic N) is 1. The summed E-state index contributed by atoms with van der Waals surface area (Å²) >= 11 is 5.13. The SMILES string of the molecule is CC1(C)CN(C(=O)CBr)CCS1. The highest BCUT2D eigenvalue weighted by Gasteiger charge is 2.28. The van der Waals surface area contributed by atoms with Crippen LogP contribution in [0, 0.1) is 0 Å². The molecule has 0 radical (unpaired) electrons. The van der Waals surface area contributed by atoms with Crippen molar-refractivity contribution in [2.24, 2.45) is 0 Å². The van der Waals surface area contributed by atoms with E-state index >= 15 is 0 Å². The summed E-state index contributed by atoms with van der Waals surface area (Å²) < 4.78 is 0.232. The van der Waals surface area contributed by atoms with Gasteiger partial charge in [-0.05, 0) is 13.8 Å². The Bertz CT molecular complexity index is 184. The first-order valence-electron chi connectivity index (χ1n) is 4.03. The lowest BCUT2D eigenvalue weighted by Gasteiger charge is -2.37. The molecule has 0 spiro atoms. The van der Waals surface area contributed by atoms with Gasteiger partial charge in [-0.15, -0.1) is 0 Å². The molecule has 0 atom stereocenters. The molecule has 1 amide bonds. The number of rotatable bonds is 1. The third kappa shape index (κ3) is 2.66. The van der Waals surface area contributed by atoms with Gasteiger partial charge >= 0.3 is 0 Å². The lowest BCUT2D eigenvalue weighted by Crippen LogP contribution is -2.46. The van der Waals surface area contributed by atoms with E-state index < -0.39 is 0 Å². The number of halogens is 1. The molecule has 0 aromatic carbocycles. The molecule has 1 saturated heterocycles. The first kappa shape index (κ1) is 10.4. The molecule has 1 rings (SSSR count). The molecule has 0 aromatic rings. The minimum atomic E-state index is 0.211. The molecule has 1 aliphatic heterocycles. The van der Waals surface area contributed by atoms with E-state index in [1.807, 2.05) is 16.7 Å². The minimum absolute atomic E-state index is 0.211. The summed E-state index contributed by atoms with van der Waals surface area (Å²) in [4.78, 5) is 13.3. The van der Waals surface area contributed by atoms with Crippen molar-refractivity contribution in [3.8, 4) is 0 Å². The van der Waals surface area contributed by atoms with Gasteiger partial charge in [-0.25, -0.2) is 0 Å². The van der Waals surface area contributed by atoms with E-state index in [1.165, 1.54) is 0 Å². The van der Waals surface area contributed by atoms with E-state index in [0.717, 1.165) is 18.8 Å². The molecule has 0 aliphatic carbocycles. The highest BCUT2D eigenvalue weighted by Crippen LogP contribution is 2.29. The molecular formula is C8H14BrNOS. The average Bonchev–Trinajstić information content (AvgIpc) is 2.01. The maximum absolute atomic E-state index is 11.3. The number of hydrogen-bond acceptors (Lipinski definition) is 2. The van der Waals surface area contributed by atoms with Crippen LogP contribution < -0.4 is 0 Å². The number of carbonyl (C=O) groups is 1. The highest BCUT2D eigenvalue weighted by molar-refractivity contribution is 9.09. The van der Waals surface area contributed by atoms with Crippen LogP contribution in [-0.4, -0.2) is 39.7 Å². The zero-order chi connectivity index (χ0) is 9.19. The Morgan fingerprint density at radius 2 is 2.33 bits per heavy atom. The second kappa shape index (κ2) is 4.01. The molecule has 0 N–H and O–H groups in total. The molecule has 1 heterocycles. The van der Waals surface area contributed by atoms with Crippen LogP contribution in [-0.2, 0) is 4.79 Å². The standard InChI is InChI=1S/C8H14BrNOS/c1-8(2)6-10(3-4-12-8)7(11)5-9/h3-6H2,1-2H3. The quantitative estimate of drug-likeness (QED) is 0.662. The second-order valence-corrected chi connectivity index (χ2v) is 5.92. The zero-order valence-corrected chi connectivity index (χ0v) is 9.87. The van der Waals surface area contributed by atoms with E-state index in [0.29, 0.717) is 5.33 Å². The van der Waals surface area contributed by atoms with Gasteiger partial charge in [0.2, 0.25) is 5.91 Å². The molecule has 70 valence electrons. The molecule has 1 fully saturated rings. The van der Waals surface area contributed by atoms with Crippen molar-refractivity contribution in [3.63, 3.8) is 0 Å². The Hall–Kier alpha value is 0.300. The van der Waals surface area contributed by atoms with Gasteiger partial charge in [-0.3, -0.25) is 4.79 Å². The molecule has 12 heavy (non-hydrogen) atoms. The van der Waals surface area contributed by atoms with Gasteiger partial charge in [-0.2, -0.15) is 11.8 Å². The van der Waals surface area contributed by atoms with Gasteiger partial charge in [0.25, 0.3) is 0 Å². The first-order valence-corrected chi connectivity index (χ1v) is 6.13. The summed E-state index contributed by atoms with van der Waals surface area (Å²) in [6.07, 6.45) is 0. The number of amides is 1. The Labute approximate surface area is 86.2 Å². The van der Waals surface area contributed by atoms with Gasteiger partial charge in [0.15, 0.2) is 0 Å². The van der Waals surface area contributed by atoms with E-state index in [9.17, 15) is 4.79 Å². The predicted octanol–water partition coefficient (Wildman–Crippen LogP) is 1.74. The monoisotopic (exact) mass is 251 g/mol. The Balaban J connectivity index is 2.52. The van der Waals surface area contributed by atoms with Crippen LogP contribution in [0.5, 0.6) is 0 Å². The largest absolute Gasteiger partial charge is 0.340 e. The van der Waals surface area contributed by atoms with Crippen molar-refractivity contribution < 1.29 is 4.79 Å². The van der Waals surface area contributed by atoms with Crippen molar-refractivity contribution in [3.05, 3.63) is 0 Å². The number of alkyl halides is 1. The smallest absolute Gasteiger partial charge is 0.233 e. The number of carbonyl (C=O) groups excluding carboxylic acids is 1. The summed E-state index contributed by atoms with van der Waals surface area (Å²) in [7, 11) is 0. The van der Waals surface area contributed by atoms with Crippen LogP contribution in [0.1, 0.15) is 13.8 Å². The lowest BCUT2D eigenvalue weighted by atomic mass is 10.2. The molecular weight excluding hydrogens is 238 g/mol. The fourth-order valence-electron chi connectivity index (χ4n) is 1.31.